The second-order valence-electron chi connectivity index (χ2n) is 10.6. The molecule has 0 bridgehead atoms. The first kappa shape index (κ1) is 31.9. The van der Waals surface area contributed by atoms with E-state index in [0.717, 1.165) is 17.0 Å². The van der Waals surface area contributed by atoms with Gasteiger partial charge in [-0.15, -0.1) is 0 Å². The molecular formula is C35H29N5O7S. The van der Waals surface area contributed by atoms with E-state index in [1.165, 1.54) is 29.9 Å². The number of hydrogen-bond acceptors (Lipinski definition) is 10. The number of allylic oxidation sites excluding steroid dienone is 1. The van der Waals surface area contributed by atoms with Crippen molar-refractivity contribution in [1.29, 1.82) is 0 Å². The Morgan fingerprint density at radius 3 is 2.50 bits per heavy atom. The lowest BCUT2D eigenvalue weighted by Gasteiger charge is -2.24. The van der Waals surface area contributed by atoms with Crippen molar-refractivity contribution in [1.82, 2.24) is 14.3 Å². The van der Waals surface area contributed by atoms with Crippen molar-refractivity contribution in [2.24, 2.45) is 4.99 Å². The summed E-state index contributed by atoms with van der Waals surface area (Å²) in [6.45, 7) is 5.32. The van der Waals surface area contributed by atoms with Gasteiger partial charge in [-0.05, 0) is 55.0 Å². The summed E-state index contributed by atoms with van der Waals surface area (Å²) in [6, 6.07) is 20.2. The average molecular weight is 664 g/mol. The molecule has 2 aromatic heterocycles. The van der Waals surface area contributed by atoms with Gasteiger partial charge in [0.25, 0.3) is 5.56 Å². The van der Waals surface area contributed by atoms with Crippen molar-refractivity contribution in [2.75, 3.05) is 20.8 Å². The number of rotatable bonds is 10. The molecule has 1 atom stereocenters. The summed E-state index contributed by atoms with van der Waals surface area (Å²) in [5.74, 6) is 0.112. The van der Waals surface area contributed by atoms with Gasteiger partial charge in [0.05, 0.1) is 46.7 Å². The van der Waals surface area contributed by atoms with Gasteiger partial charge < -0.3 is 14.2 Å². The van der Waals surface area contributed by atoms with Gasteiger partial charge in [0.15, 0.2) is 10.6 Å². The molecule has 1 unspecified atom stereocenters. The van der Waals surface area contributed by atoms with Crippen LogP contribution < -0.4 is 24.4 Å². The van der Waals surface area contributed by atoms with Crippen LogP contribution in [0.2, 0.25) is 0 Å². The summed E-state index contributed by atoms with van der Waals surface area (Å²) in [5, 5.41) is 16.6. The molecule has 6 rings (SSSR count). The predicted octanol–water partition coefficient (Wildman–Crippen LogP) is 4.74. The highest BCUT2D eigenvalue weighted by atomic mass is 32.1. The number of benzene rings is 3. The number of carbonyl (C=O) groups is 1. The van der Waals surface area contributed by atoms with Gasteiger partial charge >= 0.3 is 11.7 Å². The van der Waals surface area contributed by atoms with E-state index < -0.39 is 16.9 Å². The van der Waals surface area contributed by atoms with Crippen LogP contribution in [0.4, 0.5) is 5.69 Å². The highest BCUT2D eigenvalue weighted by Gasteiger charge is 2.33. The zero-order valence-corrected chi connectivity index (χ0v) is 27.0. The second-order valence-corrected chi connectivity index (χ2v) is 11.6. The maximum Gasteiger partial charge on any atom is 0.338 e. The fraction of sp³-hybridized carbons (Fsp3) is 0.143. The molecule has 1 aliphatic heterocycles. The van der Waals surface area contributed by atoms with E-state index in [1.54, 1.807) is 61.3 Å². The Hall–Kier alpha value is -6.08. The van der Waals surface area contributed by atoms with Crippen LogP contribution in [0.1, 0.15) is 24.1 Å². The van der Waals surface area contributed by atoms with E-state index in [2.05, 4.69) is 11.6 Å². The zero-order valence-electron chi connectivity index (χ0n) is 26.2. The van der Waals surface area contributed by atoms with Gasteiger partial charge in [0.2, 0.25) is 0 Å². The third-order valence-corrected chi connectivity index (χ3v) is 8.69. The Balaban J connectivity index is 1.56. The molecule has 0 saturated carbocycles. The number of nitrogens with zero attached hydrogens (tertiary/aromatic N) is 5. The van der Waals surface area contributed by atoms with Crippen LogP contribution in [-0.2, 0) is 9.53 Å². The number of para-hydroxylation sites is 1. The lowest BCUT2D eigenvalue weighted by molar-refractivity contribution is -0.385. The van der Waals surface area contributed by atoms with Crippen molar-refractivity contribution in [2.45, 2.75) is 13.0 Å². The van der Waals surface area contributed by atoms with E-state index in [9.17, 15) is 19.7 Å². The molecule has 3 heterocycles. The Labute approximate surface area is 277 Å². The molecule has 0 aliphatic carbocycles. The van der Waals surface area contributed by atoms with Crippen molar-refractivity contribution in [3.8, 4) is 28.4 Å². The first-order valence-electron chi connectivity index (χ1n) is 14.7. The van der Waals surface area contributed by atoms with Gasteiger partial charge in [-0.2, -0.15) is 5.10 Å². The predicted molar refractivity (Wildman–Crippen MR) is 180 cm³/mol. The summed E-state index contributed by atoms with van der Waals surface area (Å²) in [4.78, 5) is 44.0. The Morgan fingerprint density at radius 1 is 1.08 bits per heavy atom. The van der Waals surface area contributed by atoms with Crippen molar-refractivity contribution in [3.63, 3.8) is 0 Å². The smallest absolute Gasteiger partial charge is 0.338 e. The zero-order chi connectivity index (χ0) is 33.9. The second kappa shape index (κ2) is 13.3. The topological polar surface area (TPSA) is 140 Å². The first-order valence-corrected chi connectivity index (χ1v) is 15.5. The minimum absolute atomic E-state index is 0.00688. The number of esters is 1. The lowest BCUT2D eigenvalue weighted by Crippen LogP contribution is -2.39. The van der Waals surface area contributed by atoms with Crippen molar-refractivity contribution in [3.05, 3.63) is 144 Å². The summed E-state index contributed by atoms with van der Waals surface area (Å²) in [5.41, 5.74) is 2.84. The quantitative estimate of drug-likeness (QED) is 0.0904. The maximum absolute atomic E-state index is 14.3. The summed E-state index contributed by atoms with van der Waals surface area (Å²) >= 11 is 1.16. The molecule has 0 fully saturated rings. The molecule has 1 aliphatic rings. The molecule has 48 heavy (non-hydrogen) atoms. The number of thiazole rings is 1. The molecular weight excluding hydrogens is 634 g/mol. The maximum atomic E-state index is 14.3. The van der Waals surface area contributed by atoms with E-state index in [1.807, 2.05) is 30.3 Å². The number of aromatic nitrogens is 3. The molecule has 242 valence electrons. The molecule has 5 aromatic rings. The number of ether oxygens (including phenoxy) is 3. The van der Waals surface area contributed by atoms with Crippen LogP contribution in [0.25, 0.3) is 23.0 Å². The van der Waals surface area contributed by atoms with Crippen molar-refractivity contribution < 1.29 is 23.9 Å². The Bertz CT molecular complexity index is 2270. The first-order chi connectivity index (χ1) is 23.2. The fourth-order valence-corrected chi connectivity index (χ4v) is 6.49. The Kier molecular flexibility index (Phi) is 8.86. The van der Waals surface area contributed by atoms with Crippen LogP contribution in [0.15, 0.2) is 113 Å². The summed E-state index contributed by atoms with van der Waals surface area (Å²) < 4.78 is 19.4. The van der Waals surface area contributed by atoms with Crippen LogP contribution in [0, 0.1) is 10.1 Å². The number of nitro groups is 1. The molecule has 0 saturated heterocycles. The van der Waals surface area contributed by atoms with Gasteiger partial charge in [-0.25, -0.2) is 14.5 Å². The van der Waals surface area contributed by atoms with Crippen molar-refractivity contribution >= 4 is 29.1 Å². The number of hydrogen-bond donors (Lipinski definition) is 0. The van der Waals surface area contributed by atoms with Gasteiger partial charge in [-0.1, -0.05) is 54.3 Å². The standard InChI is InChI=1S/C35H29N5O7S/c1-5-17-47-34(42)30-21(2)36-35-39(32(30)22-11-14-26(45-3)15-12-22)33(41)29(48-35)19-24-20-38(25-9-7-6-8-10-25)37-31(24)23-13-16-28(46-4)27(18-23)40(43)44/h5-16,18-20,32H,1,17H2,2-4H3/b29-19+. The van der Waals surface area contributed by atoms with Gasteiger partial charge in [0.1, 0.15) is 18.1 Å². The third-order valence-electron chi connectivity index (χ3n) is 7.70. The number of fused-ring (bicyclic) bond motifs is 1. The minimum Gasteiger partial charge on any atom is -0.497 e. The molecule has 0 N–H and O–H groups in total. The highest BCUT2D eigenvalue weighted by molar-refractivity contribution is 7.07. The van der Waals surface area contributed by atoms with E-state index in [0.29, 0.717) is 43.2 Å². The van der Waals surface area contributed by atoms with Crippen LogP contribution >= 0.6 is 11.3 Å². The normalized spacial score (nSPS) is 14.2. The van der Waals surface area contributed by atoms with Gasteiger partial charge in [-0.3, -0.25) is 19.5 Å². The van der Waals surface area contributed by atoms with Crippen LogP contribution in [0.3, 0.4) is 0 Å². The average Bonchev–Trinajstić information content (AvgIpc) is 3.66. The molecule has 0 radical (unpaired) electrons. The number of carbonyl (C=O) groups excluding carboxylic acids is 1. The summed E-state index contributed by atoms with van der Waals surface area (Å²) in [6.07, 6.45) is 4.90. The monoisotopic (exact) mass is 663 g/mol. The molecule has 0 amide bonds. The number of methoxy groups -OCH3 is 2. The van der Waals surface area contributed by atoms with Crippen LogP contribution in [0.5, 0.6) is 11.5 Å². The minimum atomic E-state index is -0.831. The fourth-order valence-electron chi connectivity index (χ4n) is 5.45. The largest absolute Gasteiger partial charge is 0.497 e. The van der Waals surface area contributed by atoms with Gasteiger partial charge in [0, 0.05) is 23.4 Å². The molecule has 3 aromatic carbocycles. The molecule has 0 spiro atoms. The number of nitro benzene ring substituents is 1. The van der Waals surface area contributed by atoms with E-state index in [4.69, 9.17) is 19.3 Å². The molecule has 12 nitrogen and oxygen atoms in total. The van der Waals surface area contributed by atoms with Crippen LogP contribution in [-0.4, -0.2) is 46.1 Å². The van der Waals surface area contributed by atoms with E-state index >= 15 is 0 Å². The lowest BCUT2D eigenvalue weighted by atomic mass is 9.96. The Morgan fingerprint density at radius 2 is 1.83 bits per heavy atom. The summed E-state index contributed by atoms with van der Waals surface area (Å²) in [7, 11) is 2.92. The SMILES string of the molecule is C=CCOC(=O)C1=C(C)N=c2s/c(=C/c3cn(-c4ccccc4)nc3-c3ccc(OC)c([N+](=O)[O-])c3)c(=O)n2C1c1ccc(OC)cc1. The van der Waals surface area contributed by atoms with E-state index in [-0.39, 0.29) is 29.2 Å². The third kappa shape index (κ3) is 5.94. The highest BCUT2D eigenvalue weighted by Crippen LogP contribution is 2.34. The molecule has 13 heteroatoms.